The van der Waals surface area contributed by atoms with Gasteiger partial charge in [0.05, 0.1) is 12.7 Å². The Hall–Kier alpha value is -0.170. The second-order valence-corrected chi connectivity index (χ2v) is 6.75. The van der Waals surface area contributed by atoms with Crippen molar-refractivity contribution in [1.29, 1.82) is 0 Å². The highest BCUT2D eigenvalue weighted by molar-refractivity contribution is 7.80. The second kappa shape index (κ2) is 13.5. The van der Waals surface area contributed by atoms with Gasteiger partial charge in [0.25, 0.3) is 0 Å². The van der Waals surface area contributed by atoms with Crippen LogP contribution in [0, 0.1) is 0 Å². The zero-order valence-corrected chi connectivity index (χ0v) is 14.1. The van der Waals surface area contributed by atoms with Gasteiger partial charge in [-0.15, -0.1) is 0 Å². The summed E-state index contributed by atoms with van der Waals surface area (Å²) in [5.74, 6) is 0. The molecule has 0 heterocycles. The first kappa shape index (κ1) is 20.8. The molecule has 0 bridgehead atoms. The highest BCUT2D eigenvalue weighted by atomic mass is 32.3. The Morgan fingerprint density at radius 3 is 1.81 bits per heavy atom. The third-order valence-corrected chi connectivity index (χ3v) is 4.04. The van der Waals surface area contributed by atoms with Crippen molar-refractivity contribution in [3.05, 3.63) is 0 Å². The molecule has 0 amide bonds. The van der Waals surface area contributed by atoms with Gasteiger partial charge in [0.2, 0.25) is 0 Å². The molecule has 0 spiro atoms. The van der Waals surface area contributed by atoms with Gasteiger partial charge < -0.3 is 5.11 Å². The van der Waals surface area contributed by atoms with Crippen LogP contribution in [0.5, 0.6) is 0 Å². The van der Waals surface area contributed by atoms with E-state index in [9.17, 15) is 13.5 Å². The fraction of sp³-hybridized carbons (Fsp3) is 1.00. The summed E-state index contributed by atoms with van der Waals surface area (Å²) in [7, 11) is -4.37. The fourth-order valence-corrected chi connectivity index (χ4v) is 2.61. The van der Waals surface area contributed by atoms with Crippen molar-refractivity contribution in [2.75, 3.05) is 6.61 Å². The molecule has 0 aliphatic carbocycles. The molecule has 0 aromatic carbocycles. The maximum absolute atomic E-state index is 10.3. The Bertz CT molecular complexity index is 316. The molecule has 2 N–H and O–H groups in total. The quantitative estimate of drug-likeness (QED) is 0.353. The van der Waals surface area contributed by atoms with E-state index in [1.54, 1.807) is 0 Å². The Morgan fingerprint density at radius 1 is 0.857 bits per heavy atom. The molecule has 128 valence electrons. The van der Waals surface area contributed by atoms with Crippen molar-refractivity contribution in [2.45, 2.75) is 90.1 Å². The van der Waals surface area contributed by atoms with Crippen molar-refractivity contribution in [3.8, 4) is 0 Å². The van der Waals surface area contributed by atoms with Gasteiger partial charge in [-0.2, -0.15) is 8.42 Å². The Labute approximate surface area is 130 Å². The summed E-state index contributed by atoms with van der Waals surface area (Å²) in [4.78, 5) is 0. The first-order valence-corrected chi connectivity index (χ1v) is 9.62. The summed E-state index contributed by atoms with van der Waals surface area (Å²) in [6.45, 7) is 2.06. The van der Waals surface area contributed by atoms with E-state index < -0.39 is 16.5 Å². The molecule has 1 unspecified atom stereocenters. The normalized spacial score (nSPS) is 13.5. The van der Waals surface area contributed by atoms with Crippen LogP contribution in [0.3, 0.4) is 0 Å². The van der Waals surface area contributed by atoms with E-state index in [4.69, 9.17) is 4.55 Å². The van der Waals surface area contributed by atoms with Gasteiger partial charge >= 0.3 is 10.4 Å². The number of hydrogen-bond acceptors (Lipinski definition) is 4. The highest BCUT2D eigenvalue weighted by Gasteiger charge is 2.08. The summed E-state index contributed by atoms with van der Waals surface area (Å²) < 4.78 is 33.1. The molecule has 0 aliphatic rings. The van der Waals surface area contributed by atoms with Crippen LogP contribution in [0.4, 0.5) is 0 Å². The van der Waals surface area contributed by atoms with E-state index in [1.807, 2.05) is 0 Å². The topological polar surface area (TPSA) is 83.8 Å². The summed E-state index contributed by atoms with van der Waals surface area (Å²) in [5, 5.41) is 9.61. The average Bonchev–Trinajstić information content (AvgIpc) is 2.39. The molecule has 0 aromatic rings. The molecule has 0 aliphatic heterocycles. The Balaban J connectivity index is 3.23. The predicted molar refractivity (Wildman–Crippen MR) is 84.6 cm³/mol. The van der Waals surface area contributed by atoms with Crippen LogP contribution in [0.2, 0.25) is 0 Å². The summed E-state index contributed by atoms with van der Waals surface area (Å²) in [5.41, 5.74) is 0. The summed E-state index contributed by atoms with van der Waals surface area (Å²) in [6, 6.07) is 0. The number of aliphatic hydroxyl groups excluding tert-OH is 1. The van der Waals surface area contributed by atoms with E-state index in [-0.39, 0.29) is 13.0 Å². The number of hydrogen-bond donors (Lipinski definition) is 2. The van der Waals surface area contributed by atoms with E-state index >= 15 is 0 Å². The van der Waals surface area contributed by atoms with Gasteiger partial charge in [-0.25, -0.2) is 4.18 Å². The van der Waals surface area contributed by atoms with Gasteiger partial charge in [-0.1, -0.05) is 71.1 Å². The summed E-state index contributed by atoms with van der Waals surface area (Å²) >= 11 is 0. The molecule has 21 heavy (non-hydrogen) atoms. The standard InChI is InChI=1S/C15H32O5S/c1-2-3-4-5-6-7-8-9-10-11-12-15(16)13-14-20-21(17,18)19/h15-16H,2-14H2,1H3,(H,17,18,19). The summed E-state index contributed by atoms with van der Waals surface area (Å²) in [6.07, 6.45) is 12.8. The molecule has 6 heteroatoms. The molecule has 0 aromatic heterocycles. The lowest BCUT2D eigenvalue weighted by molar-refractivity contribution is 0.126. The lowest BCUT2D eigenvalue weighted by Gasteiger charge is -2.09. The molecular weight excluding hydrogens is 292 g/mol. The molecule has 0 radical (unpaired) electrons. The maximum atomic E-state index is 10.3. The second-order valence-electron chi connectivity index (χ2n) is 5.66. The molecule has 5 nitrogen and oxygen atoms in total. The van der Waals surface area contributed by atoms with E-state index in [0.29, 0.717) is 6.42 Å². The van der Waals surface area contributed by atoms with Crippen molar-refractivity contribution < 1.29 is 22.3 Å². The fourth-order valence-electron chi connectivity index (χ4n) is 2.30. The van der Waals surface area contributed by atoms with Crippen molar-refractivity contribution in [3.63, 3.8) is 0 Å². The molecule has 0 saturated carbocycles. The number of aliphatic hydroxyl groups is 1. The van der Waals surface area contributed by atoms with Crippen molar-refractivity contribution in [1.82, 2.24) is 0 Å². The van der Waals surface area contributed by atoms with E-state index in [2.05, 4.69) is 11.1 Å². The zero-order valence-electron chi connectivity index (χ0n) is 13.3. The molecule has 1 atom stereocenters. The van der Waals surface area contributed by atoms with Gasteiger partial charge in [0.15, 0.2) is 0 Å². The molecular formula is C15H32O5S. The van der Waals surface area contributed by atoms with Crippen molar-refractivity contribution >= 4 is 10.4 Å². The van der Waals surface area contributed by atoms with Crippen LogP contribution in [-0.4, -0.2) is 30.8 Å². The molecule has 0 fully saturated rings. The minimum atomic E-state index is -4.37. The van der Waals surface area contributed by atoms with Crippen LogP contribution >= 0.6 is 0 Å². The van der Waals surface area contributed by atoms with Crippen LogP contribution in [0.15, 0.2) is 0 Å². The van der Waals surface area contributed by atoms with Crippen LogP contribution in [-0.2, 0) is 14.6 Å². The van der Waals surface area contributed by atoms with Crippen LogP contribution in [0.1, 0.15) is 84.0 Å². The monoisotopic (exact) mass is 324 g/mol. The number of rotatable bonds is 15. The number of unbranched alkanes of at least 4 members (excludes halogenated alkanes) is 9. The zero-order chi connectivity index (χ0) is 16.0. The Morgan fingerprint density at radius 2 is 1.33 bits per heavy atom. The van der Waals surface area contributed by atoms with E-state index in [1.165, 1.54) is 51.4 Å². The average molecular weight is 324 g/mol. The molecule has 0 rings (SSSR count). The smallest absolute Gasteiger partial charge is 0.393 e. The van der Waals surface area contributed by atoms with Crippen molar-refractivity contribution in [2.24, 2.45) is 0 Å². The SMILES string of the molecule is CCCCCCCCCCCCC(O)CCOS(=O)(=O)O. The van der Waals surface area contributed by atoms with Crippen LogP contribution in [0.25, 0.3) is 0 Å². The van der Waals surface area contributed by atoms with Gasteiger partial charge in [-0.3, -0.25) is 4.55 Å². The third kappa shape index (κ3) is 17.8. The lowest BCUT2D eigenvalue weighted by atomic mass is 10.0. The third-order valence-electron chi connectivity index (χ3n) is 3.57. The minimum Gasteiger partial charge on any atom is -0.393 e. The van der Waals surface area contributed by atoms with E-state index in [0.717, 1.165) is 12.8 Å². The highest BCUT2D eigenvalue weighted by Crippen LogP contribution is 2.12. The maximum Gasteiger partial charge on any atom is 0.397 e. The largest absolute Gasteiger partial charge is 0.397 e. The van der Waals surface area contributed by atoms with Crippen LogP contribution < -0.4 is 0 Å². The predicted octanol–water partition coefficient (Wildman–Crippen LogP) is 3.87. The minimum absolute atomic E-state index is 0.169. The molecule has 0 saturated heterocycles. The first-order valence-electron chi connectivity index (χ1n) is 8.25. The van der Waals surface area contributed by atoms with Gasteiger partial charge in [0.1, 0.15) is 0 Å². The van der Waals surface area contributed by atoms with Gasteiger partial charge in [-0.05, 0) is 12.8 Å². The lowest BCUT2D eigenvalue weighted by Crippen LogP contribution is -2.13. The Kier molecular flexibility index (Phi) is 13.4. The van der Waals surface area contributed by atoms with Gasteiger partial charge in [0, 0.05) is 0 Å². The first-order chi connectivity index (χ1) is 9.95.